The monoisotopic (exact) mass is 381 g/mol. The number of hydrogen-bond acceptors (Lipinski definition) is 4. The molecule has 1 N–H and O–H groups in total. The van der Waals surface area contributed by atoms with Gasteiger partial charge in [-0.3, -0.25) is 22.9 Å². The molecule has 0 unspecified atom stereocenters. The van der Waals surface area contributed by atoms with E-state index in [1.807, 2.05) is 31.5 Å². The van der Waals surface area contributed by atoms with Gasteiger partial charge in [-0.15, -0.1) is 0 Å². The van der Waals surface area contributed by atoms with E-state index in [0.717, 1.165) is 27.1 Å². The Bertz CT molecular complexity index is 1320. The van der Waals surface area contributed by atoms with Crippen molar-refractivity contribution in [3.05, 3.63) is 62.1 Å². The number of hydrogen-bond donors (Lipinski definition) is 1. The first kappa shape index (κ1) is 18.2. The van der Waals surface area contributed by atoms with Crippen LogP contribution < -0.4 is 11.2 Å². The maximum atomic E-state index is 13.0. The molecule has 0 aliphatic rings. The van der Waals surface area contributed by atoms with E-state index in [1.165, 1.54) is 4.57 Å². The van der Waals surface area contributed by atoms with Gasteiger partial charge in [-0.05, 0) is 50.5 Å². The fraction of sp³-hybridized carbons (Fsp3) is 0.350. The SMILES string of the molecule is Cc1cc(C)cc(-n2c(C)cn3c4c(=O)n(CCCO)c(=O)n(C)c4nc23)c1. The highest BCUT2D eigenvalue weighted by Gasteiger charge is 2.20. The quantitative estimate of drug-likeness (QED) is 0.580. The average Bonchev–Trinajstić information content (AvgIpc) is 3.13. The molecule has 4 rings (SSSR count). The van der Waals surface area contributed by atoms with E-state index in [0.29, 0.717) is 23.4 Å². The largest absolute Gasteiger partial charge is 0.396 e. The zero-order valence-electron chi connectivity index (χ0n) is 16.4. The minimum absolute atomic E-state index is 0.0857. The van der Waals surface area contributed by atoms with Crippen LogP contribution >= 0.6 is 0 Å². The van der Waals surface area contributed by atoms with Gasteiger partial charge in [0.1, 0.15) is 0 Å². The van der Waals surface area contributed by atoms with Crippen molar-refractivity contribution in [3.63, 3.8) is 0 Å². The maximum absolute atomic E-state index is 13.0. The first-order valence-corrected chi connectivity index (χ1v) is 9.23. The van der Waals surface area contributed by atoms with Gasteiger partial charge in [-0.25, -0.2) is 4.79 Å². The number of aliphatic hydroxyl groups is 1. The van der Waals surface area contributed by atoms with E-state index in [1.54, 1.807) is 11.4 Å². The molecule has 3 aromatic heterocycles. The molecule has 0 radical (unpaired) electrons. The molecule has 1 aromatic carbocycles. The summed E-state index contributed by atoms with van der Waals surface area (Å²) in [7, 11) is 1.61. The number of benzene rings is 1. The first-order valence-electron chi connectivity index (χ1n) is 9.23. The van der Waals surface area contributed by atoms with Crippen molar-refractivity contribution in [2.75, 3.05) is 6.61 Å². The van der Waals surface area contributed by atoms with Gasteiger partial charge in [0, 0.05) is 37.8 Å². The van der Waals surface area contributed by atoms with E-state index in [2.05, 4.69) is 23.2 Å². The van der Waals surface area contributed by atoms with Crippen molar-refractivity contribution in [1.82, 2.24) is 23.1 Å². The molecule has 4 aromatic rings. The molecule has 8 nitrogen and oxygen atoms in total. The van der Waals surface area contributed by atoms with Gasteiger partial charge >= 0.3 is 5.69 Å². The van der Waals surface area contributed by atoms with Crippen molar-refractivity contribution in [3.8, 4) is 5.69 Å². The topological polar surface area (TPSA) is 86.5 Å². The van der Waals surface area contributed by atoms with Crippen molar-refractivity contribution in [1.29, 1.82) is 0 Å². The molecule has 0 spiro atoms. The molecule has 0 aliphatic carbocycles. The molecule has 0 amide bonds. The second-order valence-corrected chi connectivity index (χ2v) is 7.28. The van der Waals surface area contributed by atoms with Crippen LogP contribution in [0.1, 0.15) is 23.2 Å². The number of aryl methyl sites for hydroxylation is 4. The predicted molar refractivity (Wildman–Crippen MR) is 107 cm³/mol. The molecule has 0 saturated carbocycles. The summed E-state index contributed by atoms with van der Waals surface area (Å²) in [6, 6.07) is 6.24. The molecule has 146 valence electrons. The second-order valence-electron chi connectivity index (χ2n) is 7.28. The van der Waals surface area contributed by atoms with Gasteiger partial charge in [0.25, 0.3) is 5.56 Å². The normalized spacial score (nSPS) is 11.8. The lowest BCUT2D eigenvalue weighted by atomic mass is 10.1. The first-order chi connectivity index (χ1) is 13.3. The Morgan fingerprint density at radius 1 is 1.07 bits per heavy atom. The fourth-order valence-corrected chi connectivity index (χ4v) is 3.84. The van der Waals surface area contributed by atoms with Gasteiger partial charge in [0.2, 0.25) is 5.78 Å². The van der Waals surface area contributed by atoms with Crippen molar-refractivity contribution in [2.24, 2.45) is 7.05 Å². The van der Waals surface area contributed by atoms with Crippen LogP contribution in [0.25, 0.3) is 22.6 Å². The van der Waals surface area contributed by atoms with Crippen LogP contribution in [0.2, 0.25) is 0 Å². The van der Waals surface area contributed by atoms with Gasteiger partial charge in [-0.1, -0.05) is 6.07 Å². The molecular formula is C20H23N5O3. The smallest absolute Gasteiger partial charge is 0.332 e. The number of aromatic nitrogens is 5. The average molecular weight is 381 g/mol. The predicted octanol–water partition coefficient (Wildman–Crippen LogP) is 1.45. The summed E-state index contributed by atoms with van der Waals surface area (Å²) in [5.41, 5.74) is 4.06. The second kappa shape index (κ2) is 6.49. The molecule has 0 saturated heterocycles. The van der Waals surface area contributed by atoms with Gasteiger partial charge in [0.15, 0.2) is 11.2 Å². The molecule has 0 atom stereocenters. The molecule has 0 bridgehead atoms. The Hall–Kier alpha value is -3.13. The molecule has 3 heterocycles. The van der Waals surface area contributed by atoms with Crippen LogP contribution in [-0.2, 0) is 13.6 Å². The Labute approximate surface area is 160 Å². The van der Waals surface area contributed by atoms with Gasteiger partial charge in [-0.2, -0.15) is 4.98 Å². The highest BCUT2D eigenvalue weighted by molar-refractivity contribution is 5.76. The Morgan fingerprint density at radius 3 is 2.39 bits per heavy atom. The van der Waals surface area contributed by atoms with Crippen LogP contribution in [-0.4, -0.2) is 34.8 Å². The Morgan fingerprint density at radius 2 is 1.75 bits per heavy atom. The number of fused-ring (bicyclic) bond motifs is 3. The molecule has 0 fully saturated rings. The lowest BCUT2D eigenvalue weighted by Gasteiger charge is -2.08. The summed E-state index contributed by atoms with van der Waals surface area (Å²) in [6.07, 6.45) is 2.20. The van der Waals surface area contributed by atoms with Crippen molar-refractivity contribution < 1.29 is 5.11 Å². The van der Waals surface area contributed by atoms with Crippen LogP contribution in [0.15, 0.2) is 34.0 Å². The van der Waals surface area contributed by atoms with Crippen LogP contribution in [0.3, 0.4) is 0 Å². The molecular weight excluding hydrogens is 358 g/mol. The standard InChI is InChI=1S/C20H23N5O3/c1-12-8-13(2)10-15(9-12)25-14(3)11-24-16-17(21-19(24)25)22(4)20(28)23(18(16)27)6-5-7-26/h8-11,26H,5-7H2,1-4H3. The number of aliphatic hydroxyl groups excluding tert-OH is 1. The maximum Gasteiger partial charge on any atom is 0.332 e. The zero-order chi connectivity index (χ0) is 20.2. The number of rotatable bonds is 4. The van der Waals surface area contributed by atoms with Gasteiger partial charge in [0.05, 0.1) is 0 Å². The summed E-state index contributed by atoms with van der Waals surface area (Å²) < 4.78 is 6.29. The van der Waals surface area contributed by atoms with Crippen LogP contribution in [0.4, 0.5) is 0 Å². The number of nitrogens with zero attached hydrogens (tertiary/aromatic N) is 5. The third-order valence-electron chi connectivity index (χ3n) is 5.03. The minimum Gasteiger partial charge on any atom is -0.396 e. The van der Waals surface area contributed by atoms with E-state index in [-0.39, 0.29) is 13.2 Å². The Balaban J connectivity index is 2.09. The lowest BCUT2D eigenvalue weighted by Crippen LogP contribution is -2.39. The van der Waals surface area contributed by atoms with Crippen molar-refractivity contribution >= 4 is 16.9 Å². The molecule has 0 aliphatic heterocycles. The third kappa shape index (κ3) is 2.60. The summed E-state index contributed by atoms with van der Waals surface area (Å²) in [5, 5.41) is 9.09. The molecule has 28 heavy (non-hydrogen) atoms. The summed E-state index contributed by atoms with van der Waals surface area (Å²) in [4.78, 5) is 30.3. The van der Waals surface area contributed by atoms with Crippen LogP contribution in [0.5, 0.6) is 0 Å². The van der Waals surface area contributed by atoms with Gasteiger partial charge < -0.3 is 5.11 Å². The third-order valence-corrected chi connectivity index (χ3v) is 5.03. The summed E-state index contributed by atoms with van der Waals surface area (Å²) >= 11 is 0. The zero-order valence-corrected chi connectivity index (χ0v) is 16.4. The van der Waals surface area contributed by atoms with Crippen LogP contribution in [0, 0.1) is 20.8 Å². The summed E-state index contributed by atoms with van der Waals surface area (Å²) in [6.45, 7) is 6.13. The number of imidazole rings is 2. The highest BCUT2D eigenvalue weighted by atomic mass is 16.3. The van der Waals surface area contributed by atoms with E-state index in [4.69, 9.17) is 5.11 Å². The molecule has 8 heteroatoms. The highest BCUT2D eigenvalue weighted by Crippen LogP contribution is 2.22. The van der Waals surface area contributed by atoms with E-state index < -0.39 is 11.2 Å². The minimum atomic E-state index is -0.429. The Kier molecular flexibility index (Phi) is 4.23. The lowest BCUT2D eigenvalue weighted by molar-refractivity contribution is 0.277. The fourth-order valence-electron chi connectivity index (χ4n) is 3.84. The van der Waals surface area contributed by atoms with E-state index in [9.17, 15) is 9.59 Å². The van der Waals surface area contributed by atoms with E-state index >= 15 is 0 Å². The summed E-state index contributed by atoms with van der Waals surface area (Å²) in [5.74, 6) is 0.588. The van der Waals surface area contributed by atoms with Crippen molar-refractivity contribution in [2.45, 2.75) is 33.7 Å².